The van der Waals surface area contributed by atoms with Crippen molar-refractivity contribution in [2.45, 2.75) is 31.0 Å². The Balaban J connectivity index is 1.46. The highest BCUT2D eigenvalue weighted by atomic mass is 79.9. The Morgan fingerprint density at radius 1 is 1.10 bits per heavy atom. The summed E-state index contributed by atoms with van der Waals surface area (Å²) >= 11 is 4.52. The predicted octanol–water partition coefficient (Wildman–Crippen LogP) is 5.68. The van der Waals surface area contributed by atoms with Crippen LogP contribution in [0.2, 0.25) is 0 Å². The maximum atomic E-state index is 13.8. The molecule has 12 heteroatoms. The molecule has 0 bridgehead atoms. The van der Waals surface area contributed by atoms with Gasteiger partial charge in [-0.15, -0.1) is 0 Å². The summed E-state index contributed by atoms with van der Waals surface area (Å²) in [5.41, 5.74) is 1.50. The average molecular weight is 632 g/mol. The van der Waals surface area contributed by atoms with Gasteiger partial charge in [0, 0.05) is 23.1 Å². The standard InChI is InChI=1S/C27H24BrFN4O4S2/c1-17-15-32(16-18(2)37-17)39(35,36)23-10-5-20(6-11-23)26(34)33(30-14-19-3-7-21(28)8-4-19)27-31-24-12-9-22(29)13-25(24)38-27/h3-14,17-18H,15-16H2,1-2H3/b30-14+. The largest absolute Gasteiger partial charge is 0.373 e. The van der Waals surface area contributed by atoms with Gasteiger partial charge in [-0.3, -0.25) is 4.79 Å². The molecule has 1 aliphatic rings. The van der Waals surface area contributed by atoms with Crippen molar-refractivity contribution in [3.8, 4) is 0 Å². The summed E-state index contributed by atoms with van der Waals surface area (Å²) < 4.78 is 48.8. The van der Waals surface area contributed by atoms with Gasteiger partial charge in [-0.1, -0.05) is 39.4 Å². The second kappa shape index (κ2) is 11.2. The summed E-state index contributed by atoms with van der Waals surface area (Å²) in [4.78, 5) is 18.2. The van der Waals surface area contributed by atoms with Crippen LogP contribution in [-0.2, 0) is 14.8 Å². The van der Waals surface area contributed by atoms with Crippen LogP contribution in [0.25, 0.3) is 10.2 Å². The third-order valence-corrected chi connectivity index (χ3v) is 9.40. The highest BCUT2D eigenvalue weighted by Crippen LogP contribution is 2.31. The number of benzene rings is 3. The molecule has 2 atom stereocenters. The van der Waals surface area contributed by atoms with E-state index in [2.05, 4.69) is 26.0 Å². The number of carbonyl (C=O) groups excluding carboxylic acids is 1. The van der Waals surface area contributed by atoms with E-state index >= 15 is 0 Å². The number of aromatic nitrogens is 1. The van der Waals surface area contributed by atoms with Crippen LogP contribution in [0.3, 0.4) is 0 Å². The maximum absolute atomic E-state index is 13.8. The number of thiazole rings is 1. The lowest BCUT2D eigenvalue weighted by atomic mass is 10.2. The van der Waals surface area contributed by atoms with Gasteiger partial charge in [-0.2, -0.15) is 14.4 Å². The zero-order valence-electron chi connectivity index (χ0n) is 21.0. The van der Waals surface area contributed by atoms with Gasteiger partial charge in [-0.25, -0.2) is 17.8 Å². The Morgan fingerprint density at radius 2 is 1.77 bits per heavy atom. The number of hydrazone groups is 1. The topological polar surface area (TPSA) is 92.2 Å². The summed E-state index contributed by atoms with van der Waals surface area (Å²) in [5, 5.41) is 5.80. The summed E-state index contributed by atoms with van der Waals surface area (Å²) in [6, 6.07) is 17.3. The third kappa shape index (κ3) is 6.10. The molecule has 1 fully saturated rings. The predicted molar refractivity (Wildman–Crippen MR) is 153 cm³/mol. The number of amides is 1. The van der Waals surface area contributed by atoms with Crippen LogP contribution in [0.4, 0.5) is 9.52 Å². The molecule has 3 aromatic carbocycles. The molecule has 1 aliphatic heterocycles. The van der Waals surface area contributed by atoms with Crippen LogP contribution < -0.4 is 5.01 Å². The molecule has 0 N–H and O–H groups in total. The van der Waals surface area contributed by atoms with Crippen LogP contribution >= 0.6 is 27.3 Å². The molecule has 1 amide bonds. The molecule has 39 heavy (non-hydrogen) atoms. The van der Waals surface area contributed by atoms with E-state index in [1.807, 2.05) is 38.1 Å². The zero-order valence-corrected chi connectivity index (χ0v) is 24.2. The third-order valence-electron chi connectivity index (χ3n) is 6.03. The summed E-state index contributed by atoms with van der Waals surface area (Å²) in [5.74, 6) is -0.921. The number of hydrogen-bond donors (Lipinski definition) is 0. The first-order valence-electron chi connectivity index (χ1n) is 12.1. The fraction of sp³-hybridized carbons (Fsp3) is 0.222. The number of halogens is 2. The van der Waals surface area contributed by atoms with E-state index < -0.39 is 21.7 Å². The molecule has 0 spiro atoms. The Morgan fingerprint density at radius 3 is 2.44 bits per heavy atom. The van der Waals surface area contributed by atoms with Gasteiger partial charge in [0.15, 0.2) is 0 Å². The van der Waals surface area contributed by atoms with Crippen LogP contribution in [-0.4, -0.2) is 55.1 Å². The molecule has 0 saturated carbocycles. The summed E-state index contributed by atoms with van der Waals surface area (Å²) in [6.07, 6.45) is 1.09. The lowest BCUT2D eigenvalue weighted by molar-refractivity contribution is -0.0440. The molecule has 2 heterocycles. The highest BCUT2D eigenvalue weighted by molar-refractivity contribution is 9.10. The number of hydrogen-bond acceptors (Lipinski definition) is 7. The normalized spacial score (nSPS) is 18.6. The number of carbonyl (C=O) groups is 1. The zero-order chi connectivity index (χ0) is 27.7. The number of anilines is 1. The number of ether oxygens (including phenoxy) is 1. The van der Waals surface area contributed by atoms with Gasteiger partial charge in [-0.05, 0) is 74.0 Å². The number of sulfonamides is 1. The first-order valence-corrected chi connectivity index (χ1v) is 15.1. The van der Waals surface area contributed by atoms with Crippen molar-refractivity contribution in [3.05, 3.63) is 88.1 Å². The Labute approximate surface area is 237 Å². The molecule has 202 valence electrons. The minimum atomic E-state index is -3.76. The van der Waals surface area contributed by atoms with Gasteiger partial charge < -0.3 is 4.74 Å². The number of fused-ring (bicyclic) bond motifs is 1. The molecule has 2 unspecified atom stereocenters. The van der Waals surface area contributed by atoms with Gasteiger partial charge in [0.25, 0.3) is 5.91 Å². The minimum absolute atomic E-state index is 0.0840. The van der Waals surface area contributed by atoms with Crippen LogP contribution in [0.5, 0.6) is 0 Å². The highest BCUT2D eigenvalue weighted by Gasteiger charge is 2.32. The fourth-order valence-electron chi connectivity index (χ4n) is 4.21. The van der Waals surface area contributed by atoms with E-state index in [9.17, 15) is 17.6 Å². The van der Waals surface area contributed by atoms with E-state index in [4.69, 9.17) is 4.74 Å². The summed E-state index contributed by atoms with van der Waals surface area (Å²) in [7, 11) is -3.76. The molecule has 0 aliphatic carbocycles. The summed E-state index contributed by atoms with van der Waals surface area (Å²) in [6.45, 7) is 4.17. The minimum Gasteiger partial charge on any atom is -0.373 e. The molecular weight excluding hydrogens is 607 g/mol. The second-order valence-corrected chi connectivity index (χ2v) is 13.0. The number of morpholine rings is 1. The first kappa shape index (κ1) is 27.5. The van der Waals surface area contributed by atoms with Crippen molar-refractivity contribution < 1.29 is 22.3 Å². The number of nitrogens with zero attached hydrogens (tertiary/aromatic N) is 4. The van der Waals surface area contributed by atoms with Gasteiger partial charge >= 0.3 is 0 Å². The smallest absolute Gasteiger partial charge is 0.280 e. The average Bonchev–Trinajstić information content (AvgIpc) is 3.32. The quantitative estimate of drug-likeness (QED) is 0.202. The van der Waals surface area contributed by atoms with Crippen LogP contribution in [0.15, 0.2) is 81.2 Å². The van der Waals surface area contributed by atoms with Crippen LogP contribution in [0, 0.1) is 5.82 Å². The molecule has 4 aromatic rings. The van der Waals surface area contributed by atoms with E-state index in [1.54, 1.807) is 6.07 Å². The Hall–Kier alpha value is -3.03. The lowest BCUT2D eigenvalue weighted by Gasteiger charge is -2.34. The fourth-order valence-corrected chi connectivity index (χ4v) is 7.01. The molecular formula is C27H24BrFN4O4S2. The van der Waals surface area contributed by atoms with E-state index in [1.165, 1.54) is 46.9 Å². The number of rotatable bonds is 6. The monoisotopic (exact) mass is 630 g/mol. The van der Waals surface area contributed by atoms with E-state index in [-0.39, 0.29) is 40.9 Å². The van der Waals surface area contributed by atoms with Crippen LogP contribution in [0.1, 0.15) is 29.8 Å². The van der Waals surface area contributed by atoms with Crippen molar-refractivity contribution >= 4 is 64.8 Å². The Bertz CT molecular complexity index is 1630. The van der Waals surface area contributed by atoms with E-state index in [0.717, 1.165) is 26.4 Å². The molecule has 8 nitrogen and oxygen atoms in total. The van der Waals surface area contributed by atoms with Crippen molar-refractivity contribution in [2.75, 3.05) is 18.1 Å². The Kier molecular flexibility index (Phi) is 7.92. The molecule has 5 rings (SSSR count). The van der Waals surface area contributed by atoms with Crippen molar-refractivity contribution in [3.63, 3.8) is 0 Å². The van der Waals surface area contributed by atoms with Gasteiger partial charge in [0.2, 0.25) is 15.2 Å². The van der Waals surface area contributed by atoms with Gasteiger partial charge in [0.05, 0.1) is 33.5 Å². The van der Waals surface area contributed by atoms with Crippen molar-refractivity contribution in [2.24, 2.45) is 5.10 Å². The SMILES string of the molecule is CC1CN(S(=O)(=O)c2ccc(C(=O)N(/N=C/c3ccc(Br)cc3)c3nc4ccc(F)cc4s3)cc2)CC(C)O1. The lowest BCUT2D eigenvalue weighted by Crippen LogP contribution is -2.48. The molecule has 0 radical (unpaired) electrons. The van der Waals surface area contributed by atoms with Gasteiger partial charge in [0.1, 0.15) is 5.82 Å². The first-order chi connectivity index (χ1) is 18.6. The van der Waals surface area contributed by atoms with Crippen molar-refractivity contribution in [1.82, 2.24) is 9.29 Å². The van der Waals surface area contributed by atoms with Crippen molar-refractivity contribution in [1.29, 1.82) is 0 Å². The second-order valence-electron chi connectivity index (χ2n) is 9.13. The molecule has 1 saturated heterocycles. The molecule has 1 aromatic heterocycles. The maximum Gasteiger partial charge on any atom is 0.280 e. The van der Waals surface area contributed by atoms with E-state index in [0.29, 0.717) is 10.2 Å².